The zero-order valence-corrected chi connectivity index (χ0v) is 9.70. The van der Waals surface area contributed by atoms with E-state index in [1.807, 2.05) is 0 Å². The molecule has 0 saturated carbocycles. The fraction of sp³-hybridized carbons (Fsp3) is 0.111. The van der Waals surface area contributed by atoms with Gasteiger partial charge in [-0.15, -0.1) is 0 Å². The Balaban J connectivity index is 0.000001000. The van der Waals surface area contributed by atoms with Gasteiger partial charge >= 0.3 is 0 Å². The normalized spacial score (nSPS) is 11.2. The predicted octanol–water partition coefficient (Wildman–Crippen LogP) is 5.53. The van der Waals surface area contributed by atoms with E-state index in [0.717, 1.165) is 0 Å². The highest BCUT2D eigenvalue weighted by molar-refractivity contribution is 6.23. The SMILES string of the molecule is C.Cc1ccc2ccc3cccc4ccc1c2c34. The molecule has 4 aromatic rings. The summed E-state index contributed by atoms with van der Waals surface area (Å²) in [7, 11) is 0. The van der Waals surface area contributed by atoms with Crippen LogP contribution in [-0.4, -0.2) is 0 Å². The molecule has 0 aliphatic heterocycles. The number of hydrogen-bond donors (Lipinski definition) is 0. The summed E-state index contributed by atoms with van der Waals surface area (Å²) in [5, 5.41) is 8.23. The summed E-state index contributed by atoms with van der Waals surface area (Å²) >= 11 is 0. The molecule has 4 rings (SSSR count). The van der Waals surface area contributed by atoms with Crippen molar-refractivity contribution in [3.05, 3.63) is 60.2 Å². The van der Waals surface area contributed by atoms with Crippen LogP contribution in [0.1, 0.15) is 13.0 Å². The molecule has 0 radical (unpaired) electrons. The fourth-order valence-electron chi connectivity index (χ4n) is 2.88. The van der Waals surface area contributed by atoms with Crippen molar-refractivity contribution < 1.29 is 0 Å². The molecule has 0 fully saturated rings. The molecular weight excluding hydrogens is 216 g/mol. The maximum Gasteiger partial charge on any atom is -0.00241 e. The van der Waals surface area contributed by atoms with Crippen LogP contribution >= 0.6 is 0 Å². The van der Waals surface area contributed by atoms with E-state index in [9.17, 15) is 0 Å². The standard InChI is InChI=1S/C17H12.CH4/c1-11-5-6-14-8-7-12-3-2-4-13-9-10-15(11)17(14)16(12)13;/h2-10H,1H3;1H4. The van der Waals surface area contributed by atoms with E-state index in [0.29, 0.717) is 0 Å². The molecule has 0 aromatic heterocycles. The summed E-state index contributed by atoms with van der Waals surface area (Å²) in [6.45, 7) is 2.19. The highest BCUT2D eigenvalue weighted by atomic mass is 14.1. The van der Waals surface area contributed by atoms with Gasteiger partial charge in [0.05, 0.1) is 0 Å². The van der Waals surface area contributed by atoms with E-state index >= 15 is 0 Å². The summed E-state index contributed by atoms with van der Waals surface area (Å²) in [6.07, 6.45) is 0. The molecule has 4 aromatic carbocycles. The quantitative estimate of drug-likeness (QED) is 0.350. The van der Waals surface area contributed by atoms with Gasteiger partial charge in [-0.1, -0.05) is 62.0 Å². The lowest BCUT2D eigenvalue weighted by molar-refractivity contribution is 1.55. The molecule has 0 unspecified atom stereocenters. The average molecular weight is 232 g/mol. The van der Waals surface area contributed by atoms with Crippen LogP contribution in [-0.2, 0) is 0 Å². The molecular formula is C18H16. The highest BCUT2D eigenvalue weighted by Gasteiger charge is 2.08. The second-order valence-electron chi connectivity index (χ2n) is 4.74. The van der Waals surface area contributed by atoms with Crippen LogP contribution in [0.2, 0.25) is 0 Å². The van der Waals surface area contributed by atoms with Crippen LogP contribution in [0.15, 0.2) is 54.6 Å². The van der Waals surface area contributed by atoms with Crippen molar-refractivity contribution in [3.63, 3.8) is 0 Å². The van der Waals surface area contributed by atoms with E-state index in [-0.39, 0.29) is 7.43 Å². The third-order valence-electron chi connectivity index (χ3n) is 3.75. The minimum atomic E-state index is 0. The Hall–Kier alpha value is -2.08. The van der Waals surface area contributed by atoms with Crippen molar-refractivity contribution in [1.82, 2.24) is 0 Å². The Kier molecular flexibility index (Phi) is 2.27. The smallest absolute Gasteiger partial charge is 0.00241 e. The Morgan fingerprint density at radius 3 is 1.89 bits per heavy atom. The van der Waals surface area contributed by atoms with E-state index in [2.05, 4.69) is 61.5 Å². The van der Waals surface area contributed by atoms with E-state index < -0.39 is 0 Å². The summed E-state index contributed by atoms with van der Waals surface area (Å²) in [4.78, 5) is 0. The van der Waals surface area contributed by atoms with Crippen LogP contribution in [0.4, 0.5) is 0 Å². The molecule has 88 valence electrons. The van der Waals surface area contributed by atoms with Crippen molar-refractivity contribution in [3.8, 4) is 0 Å². The van der Waals surface area contributed by atoms with Gasteiger partial charge in [-0.05, 0) is 44.8 Å². The molecule has 0 saturated heterocycles. The van der Waals surface area contributed by atoms with Gasteiger partial charge in [-0.2, -0.15) is 0 Å². The Morgan fingerprint density at radius 1 is 0.611 bits per heavy atom. The summed E-state index contributed by atoms with van der Waals surface area (Å²) < 4.78 is 0. The Morgan fingerprint density at radius 2 is 1.17 bits per heavy atom. The highest BCUT2D eigenvalue weighted by Crippen LogP contribution is 2.35. The number of benzene rings is 4. The number of rotatable bonds is 0. The topological polar surface area (TPSA) is 0 Å². The molecule has 0 heteroatoms. The first-order chi connectivity index (χ1) is 8.34. The minimum absolute atomic E-state index is 0. The van der Waals surface area contributed by atoms with Crippen LogP contribution in [0.5, 0.6) is 0 Å². The monoisotopic (exact) mass is 232 g/mol. The maximum atomic E-state index is 2.25. The largest absolute Gasteiger partial charge is 0.0776 e. The Labute approximate surface area is 107 Å². The van der Waals surface area contributed by atoms with Gasteiger partial charge in [0.1, 0.15) is 0 Å². The summed E-state index contributed by atoms with van der Waals surface area (Å²) in [6, 6.07) is 19.9. The lowest BCUT2D eigenvalue weighted by Gasteiger charge is -2.11. The van der Waals surface area contributed by atoms with Crippen molar-refractivity contribution in [2.24, 2.45) is 0 Å². The van der Waals surface area contributed by atoms with Crippen molar-refractivity contribution in [2.75, 3.05) is 0 Å². The third-order valence-corrected chi connectivity index (χ3v) is 3.75. The van der Waals surface area contributed by atoms with Gasteiger partial charge in [0, 0.05) is 0 Å². The first-order valence-corrected chi connectivity index (χ1v) is 5.98. The molecule has 0 spiro atoms. The van der Waals surface area contributed by atoms with Crippen molar-refractivity contribution in [2.45, 2.75) is 14.4 Å². The minimum Gasteiger partial charge on any atom is -0.0776 e. The Bertz CT molecular complexity index is 824. The number of hydrogen-bond acceptors (Lipinski definition) is 0. The average Bonchev–Trinajstić information content (AvgIpc) is 2.38. The van der Waals surface area contributed by atoms with Gasteiger partial charge in [0.25, 0.3) is 0 Å². The van der Waals surface area contributed by atoms with Crippen LogP contribution < -0.4 is 0 Å². The van der Waals surface area contributed by atoms with Gasteiger partial charge in [-0.25, -0.2) is 0 Å². The molecule has 0 aliphatic rings. The van der Waals surface area contributed by atoms with Crippen LogP contribution in [0.3, 0.4) is 0 Å². The van der Waals surface area contributed by atoms with Gasteiger partial charge < -0.3 is 0 Å². The van der Waals surface area contributed by atoms with E-state index in [4.69, 9.17) is 0 Å². The van der Waals surface area contributed by atoms with E-state index in [1.165, 1.54) is 37.9 Å². The third kappa shape index (κ3) is 1.26. The molecule has 18 heavy (non-hydrogen) atoms. The lowest BCUT2D eigenvalue weighted by Crippen LogP contribution is -1.85. The van der Waals surface area contributed by atoms with E-state index in [1.54, 1.807) is 0 Å². The first-order valence-electron chi connectivity index (χ1n) is 5.98. The van der Waals surface area contributed by atoms with Crippen LogP contribution in [0, 0.1) is 6.92 Å². The maximum absolute atomic E-state index is 2.25. The molecule has 0 atom stereocenters. The lowest BCUT2D eigenvalue weighted by atomic mass is 9.92. The molecule has 0 amide bonds. The fourth-order valence-corrected chi connectivity index (χ4v) is 2.88. The van der Waals surface area contributed by atoms with Gasteiger partial charge in [-0.3, -0.25) is 0 Å². The zero-order valence-electron chi connectivity index (χ0n) is 9.70. The first kappa shape index (κ1) is 11.0. The molecule has 0 heterocycles. The summed E-state index contributed by atoms with van der Waals surface area (Å²) in [5.74, 6) is 0. The van der Waals surface area contributed by atoms with Gasteiger partial charge in [0.2, 0.25) is 0 Å². The molecule has 0 N–H and O–H groups in total. The zero-order chi connectivity index (χ0) is 11.4. The molecule has 0 nitrogen and oxygen atoms in total. The number of aryl methyl sites for hydroxylation is 1. The van der Waals surface area contributed by atoms with Gasteiger partial charge in [0.15, 0.2) is 0 Å². The second-order valence-corrected chi connectivity index (χ2v) is 4.74. The second kappa shape index (κ2) is 3.71. The molecule has 0 aliphatic carbocycles. The van der Waals surface area contributed by atoms with Crippen molar-refractivity contribution in [1.29, 1.82) is 0 Å². The van der Waals surface area contributed by atoms with Crippen molar-refractivity contribution >= 4 is 32.3 Å². The predicted molar refractivity (Wildman–Crippen MR) is 81.6 cm³/mol. The van der Waals surface area contributed by atoms with Crippen LogP contribution in [0.25, 0.3) is 32.3 Å². The summed E-state index contributed by atoms with van der Waals surface area (Å²) in [5.41, 5.74) is 1.36. The molecule has 0 bridgehead atoms.